The number of halogens is 1. The van der Waals surface area contributed by atoms with E-state index >= 15 is 0 Å². The maximum atomic E-state index is 11.8. The van der Waals surface area contributed by atoms with Crippen LogP contribution in [0.2, 0.25) is 5.02 Å². The van der Waals surface area contributed by atoms with Crippen LogP contribution in [-0.4, -0.2) is 41.7 Å². The Hall–Kier alpha value is -1.10. The summed E-state index contributed by atoms with van der Waals surface area (Å²) in [6, 6.07) is 7.21. The zero-order valence-electron chi connectivity index (χ0n) is 10.8. The van der Waals surface area contributed by atoms with E-state index in [0.29, 0.717) is 17.1 Å². The molecule has 2 rings (SSSR count). The van der Waals surface area contributed by atoms with Gasteiger partial charge in [0.1, 0.15) is 0 Å². The fraction of sp³-hybridized carbons (Fsp3) is 0.500. The molecule has 1 aliphatic rings. The van der Waals surface area contributed by atoms with Crippen LogP contribution >= 0.6 is 11.6 Å². The molecule has 1 saturated heterocycles. The fourth-order valence-electron chi connectivity index (χ4n) is 2.18. The number of carbonyl (C=O) groups excluding carboxylic acids is 1. The van der Waals surface area contributed by atoms with Crippen LogP contribution in [0.4, 0.5) is 5.69 Å². The molecule has 5 heteroatoms. The number of nitrogens with one attached hydrogen (secondary N) is 1. The number of amides is 1. The summed E-state index contributed by atoms with van der Waals surface area (Å²) in [5.74, 6) is -0.0285. The zero-order chi connectivity index (χ0) is 13.7. The number of piperidine rings is 1. The highest BCUT2D eigenvalue weighted by molar-refractivity contribution is 6.33. The van der Waals surface area contributed by atoms with E-state index < -0.39 is 0 Å². The third-order valence-corrected chi connectivity index (χ3v) is 3.69. The van der Waals surface area contributed by atoms with Crippen LogP contribution in [0.1, 0.15) is 19.3 Å². The lowest BCUT2D eigenvalue weighted by molar-refractivity contribution is -0.116. The summed E-state index contributed by atoms with van der Waals surface area (Å²) < 4.78 is 0. The Morgan fingerprint density at radius 1 is 1.37 bits per heavy atom. The lowest BCUT2D eigenvalue weighted by atomic mass is 10.1. The zero-order valence-corrected chi connectivity index (χ0v) is 11.6. The molecule has 0 spiro atoms. The molecule has 0 atom stereocenters. The van der Waals surface area contributed by atoms with Crippen molar-refractivity contribution in [2.75, 3.05) is 25.0 Å². The van der Waals surface area contributed by atoms with Crippen molar-refractivity contribution >= 4 is 23.2 Å². The molecule has 1 aromatic rings. The summed E-state index contributed by atoms with van der Waals surface area (Å²) in [5.41, 5.74) is 0.656. The minimum absolute atomic E-state index is 0.0285. The van der Waals surface area contributed by atoms with E-state index in [1.54, 1.807) is 12.1 Å². The summed E-state index contributed by atoms with van der Waals surface area (Å²) in [6.07, 6.45) is 1.87. The number of aliphatic hydroxyl groups excluding tert-OH is 1. The number of hydrogen-bond acceptors (Lipinski definition) is 3. The summed E-state index contributed by atoms with van der Waals surface area (Å²) in [4.78, 5) is 14.0. The van der Waals surface area contributed by atoms with Gasteiger partial charge in [-0.2, -0.15) is 0 Å². The van der Waals surface area contributed by atoms with Gasteiger partial charge in [-0.15, -0.1) is 0 Å². The van der Waals surface area contributed by atoms with Crippen LogP contribution in [0.15, 0.2) is 24.3 Å². The summed E-state index contributed by atoms with van der Waals surface area (Å²) in [7, 11) is 0. The van der Waals surface area contributed by atoms with Crippen LogP contribution in [0.5, 0.6) is 0 Å². The van der Waals surface area contributed by atoms with Crippen LogP contribution in [0, 0.1) is 0 Å². The van der Waals surface area contributed by atoms with Gasteiger partial charge < -0.3 is 15.3 Å². The first-order valence-corrected chi connectivity index (χ1v) is 6.98. The number of para-hydroxylation sites is 1. The second-order valence-corrected chi connectivity index (χ2v) is 5.26. The van der Waals surface area contributed by atoms with Crippen molar-refractivity contribution in [2.24, 2.45) is 0 Å². The van der Waals surface area contributed by atoms with Gasteiger partial charge in [-0.05, 0) is 25.0 Å². The number of anilines is 1. The number of carbonyl (C=O) groups is 1. The molecule has 0 radical (unpaired) electrons. The van der Waals surface area contributed by atoms with Gasteiger partial charge >= 0.3 is 0 Å². The molecular weight excluding hydrogens is 264 g/mol. The molecule has 0 bridgehead atoms. The lowest BCUT2D eigenvalue weighted by Crippen LogP contribution is -2.37. The standard InChI is InChI=1S/C14H19ClN2O2/c15-12-3-1-2-4-13(12)16-14(19)7-10-17-8-5-11(18)6-9-17/h1-4,11,18H,5-10H2,(H,16,19). The quantitative estimate of drug-likeness (QED) is 0.889. The van der Waals surface area contributed by atoms with Crippen molar-refractivity contribution < 1.29 is 9.90 Å². The topological polar surface area (TPSA) is 52.6 Å². The molecule has 0 aliphatic carbocycles. The Balaban J connectivity index is 1.74. The summed E-state index contributed by atoms with van der Waals surface area (Å²) in [6.45, 7) is 2.45. The third-order valence-electron chi connectivity index (χ3n) is 3.36. The second-order valence-electron chi connectivity index (χ2n) is 4.85. The van der Waals surface area contributed by atoms with Crippen molar-refractivity contribution in [3.63, 3.8) is 0 Å². The molecule has 4 nitrogen and oxygen atoms in total. The number of nitrogens with zero attached hydrogens (tertiary/aromatic N) is 1. The molecule has 1 aromatic carbocycles. The van der Waals surface area contributed by atoms with E-state index in [2.05, 4.69) is 10.2 Å². The van der Waals surface area contributed by atoms with Crippen molar-refractivity contribution in [3.05, 3.63) is 29.3 Å². The maximum absolute atomic E-state index is 11.8. The van der Waals surface area contributed by atoms with Crippen molar-refractivity contribution in [2.45, 2.75) is 25.4 Å². The van der Waals surface area contributed by atoms with Crippen molar-refractivity contribution in [1.29, 1.82) is 0 Å². The first kappa shape index (κ1) is 14.3. The van der Waals surface area contributed by atoms with Gasteiger partial charge in [0.25, 0.3) is 0 Å². The average molecular weight is 283 g/mol. The molecule has 0 aromatic heterocycles. The number of likely N-dealkylation sites (tertiary alicyclic amines) is 1. The first-order valence-electron chi connectivity index (χ1n) is 6.60. The molecule has 1 amide bonds. The maximum Gasteiger partial charge on any atom is 0.225 e. The number of hydrogen-bond donors (Lipinski definition) is 2. The molecule has 19 heavy (non-hydrogen) atoms. The summed E-state index contributed by atoms with van der Waals surface area (Å²) in [5, 5.41) is 12.8. The molecule has 2 N–H and O–H groups in total. The number of rotatable bonds is 4. The highest BCUT2D eigenvalue weighted by Gasteiger charge is 2.17. The SMILES string of the molecule is O=C(CCN1CCC(O)CC1)Nc1ccccc1Cl. The Bertz CT molecular complexity index is 431. The molecule has 104 valence electrons. The fourth-order valence-corrected chi connectivity index (χ4v) is 2.36. The highest BCUT2D eigenvalue weighted by atomic mass is 35.5. The van der Waals surface area contributed by atoms with E-state index in [0.717, 1.165) is 32.5 Å². The molecule has 1 heterocycles. The van der Waals surface area contributed by atoms with Crippen LogP contribution in [0.3, 0.4) is 0 Å². The smallest absolute Gasteiger partial charge is 0.225 e. The van der Waals surface area contributed by atoms with E-state index in [4.69, 9.17) is 11.6 Å². The van der Waals surface area contributed by atoms with E-state index in [1.165, 1.54) is 0 Å². The molecule has 1 fully saturated rings. The predicted octanol–water partition coefficient (Wildman–Crippen LogP) is 2.13. The minimum Gasteiger partial charge on any atom is -0.393 e. The van der Waals surface area contributed by atoms with Crippen molar-refractivity contribution in [1.82, 2.24) is 4.90 Å². The second kappa shape index (κ2) is 6.89. The van der Waals surface area contributed by atoms with Gasteiger partial charge in [-0.25, -0.2) is 0 Å². The monoisotopic (exact) mass is 282 g/mol. The average Bonchev–Trinajstić information content (AvgIpc) is 2.41. The van der Waals surface area contributed by atoms with Crippen LogP contribution in [0.25, 0.3) is 0 Å². The van der Waals surface area contributed by atoms with Gasteiger partial charge in [0.2, 0.25) is 5.91 Å². The Morgan fingerprint density at radius 2 is 2.05 bits per heavy atom. The Labute approximate surface area is 118 Å². The molecular formula is C14H19ClN2O2. The molecule has 0 unspecified atom stereocenters. The van der Waals surface area contributed by atoms with Gasteiger partial charge in [0.15, 0.2) is 0 Å². The van der Waals surface area contributed by atoms with Crippen LogP contribution < -0.4 is 5.32 Å². The van der Waals surface area contributed by atoms with E-state index in [9.17, 15) is 9.90 Å². The van der Waals surface area contributed by atoms with Gasteiger partial charge in [-0.1, -0.05) is 23.7 Å². The Morgan fingerprint density at radius 3 is 2.74 bits per heavy atom. The highest BCUT2D eigenvalue weighted by Crippen LogP contribution is 2.20. The lowest BCUT2D eigenvalue weighted by Gasteiger charge is -2.29. The minimum atomic E-state index is -0.173. The molecule has 0 saturated carbocycles. The van der Waals surface area contributed by atoms with Gasteiger partial charge in [0, 0.05) is 26.1 Å². The van der Waals surface area contributed by atoms with E-state index in [-0.39, 0.29) is 12.0 Å². The largest absolute Gasteiger partial charge is 0.393 e. The predicted molar refractivity (Wildman–Crippen MR) is 76.4 cm³/mol. The van der Waals surface area contributed by atoms with Gasteiger partial charge in [-0.3, -0.25) is 4.79 Å². The molecule has 1 aliphatic heterocycles. The normalized spacial score (nSPS) is 17.4. The third kappa shape index (κ3) is 4.49. The number of aliphatic hydroxyl groups is 1. The summed E-state index contributed by atoms with van der Waals surface area (Å²) >= 11 is 5.98. The van der Waals surface area contributed by atoms with Crippen molar-refractivity contribution in [3.8, 4) is 0 Å². The van der Waals surface area contributed by atoms with E-state index in [1.807, 2.05) is 12.1 Å². The Kier molecular flexibility index (Phi) is 5.19. The van der Waals surface area contributed by atoms with Crippen LogP contribution in [-0.2, 0) is 4.79 Å². The first-order chi connectivity index (χ1) is 9.15. The number of benzene rings is 1. The van der Waals surface area contributed by atoms with Gasteiger partial charge in [0.05, 0.1) is 16.8 Å².